The van der Waals surface area contributed by atoms with Gasteiger partial charge in [-0.3, -0.25) is 14.4 Å². The number of amides is 3. The Labute approximate surface area is 198 Å². The summed E-state index contributed by atoms with van der Waals surface area (Å²) in [5, 5.41) is 3.07. The summed E-state index contributed by atoms with van der Waals surface area (Å²) in [4.78, 5) is 41.4. The fourth-order valence-corrected chi connectivity index (χ4v) is 4.83. The van der Waals surface area contributed by atoms with Gasteiger partial charge in [0.05, 0.1) is 12.7 Å². The molecule has 0 bridgehead atoms. The van der Waals surface area contributed by atoms with Crippen molar-refractivity contribution in [2.75, 3.05) is 33.3 Å². The van der Waals surface area contributed by atoms with Gasteiger partial charge in [0.1, 0.15) is 11.6 Å². The molecule has 2 aliphatic heterocycles. The second-order valence-electron chi connectivity index (χ2n) is 9.01. The minimum Gasteiger partial charge on any atom is -0.496 e. The molecule has 2 heterocycles. The average Bonchev–Trinajstić information content (AvgIpc) is 3.24. The van der Waals surface area contributed by atoms with Crippen molar-refractivity contribution in [1.29, 1.82) is 0 Å². The molecule has 0 unspecified atom stereocenters. The van der Waals surface area contributed by atoms with Gasteiger partial charge in [-0.25, -0.2) is 4.39 Å². The molecule has 2 saturated heterocycles. The van der Waals surface area contributed by atoms with E-state index < -0.39 is 5.54 Å². The van der Waals surface area contributed by atoms with Crippen molar-refractivity contribution in [2.45, 2.75) is 37.6 Å². The first-order valence-corrected chi connectivity index (χ1v) is 11.6. The molecular formula is C26H30FN3O4. The fourth-order valence-electron chi connectivity index (χ4n) is 4.83. The summed E-state index contributed by atoms with van der Waals surface area (Å²) in [7, 11) is 1.54. The molecule has 2 aromatic carbocycles. The maximum absolute atomic E-state index is 13.3. The highest BCUT2D eigenvalue weighted by atomic mass is 19.1. The summed E-state index contributed by atoms with van der Waals surface area (Å²) >= 11 is 0. The Morgan fingerprint density at radius 3 is 2.35 bits per heavy atom. The first kappa shape index (κ1) is 23.7. The van der Waals surface area contributed by atoms with Crippen LogP contribution in [0.2, 0.25) is 0 Å². The molecule has 3 amide bonds. The van der Waals surface area contributed by atoms with Crippen LogP contribution in [-0.2, 0) is 16.0 Å². The zero-order valence-electron chi connectivity index (χ0n) is 19.4. The van der Waals surface area contributed by atoms with Gasteiger partial charge in [0.25, 0.3) is 5.91 Å². The van der Waals surface area contributed by atoms with Crippen LogP contribution < -0.4 is 10.1 Å². The Morgan fingerprint density at radius 1 is 1.03 bits per heavy atom. The Morgan fingerprint density at radius 2 is 1.71 bits per heavy atom. The number of benzene rings is 2. The van der Waals surface area contributed by atoms with E-state index in [9.17, 15) is 18.8 Å². The van der Waals surface area contributed by atoms with Gasteiger partial charge < -0.3 is 19.9 Å². The quantitative estimate of drug-likeness (QED) is 0.679. The van der Waals surface area contributed by atoms with Crippen LogP contribution in [0.15, 0.2) is 48.5 Å². The highest BCUT2D eigenvalue weighted by molar-refractivity contribution is 5.97. The van der Waals surface area contributed by atoms with Crippen LogP contribution in [0.1, 0.15) is 41.6 Å². The molecule has 180 valence electrons. The van der Waals surface area contributed by atoms with E-state index in [1.807, 2.05) is 6.07 Å². The number of methoxy groups -OCH3 is 1. The molecule has 4 rings (SSSR count). The number of nitrogens with zero attached hydrogens (tertiary/aromatic N) is 2. The summed E-state index contributed by atoms with van der Waals surface area (Å²) in [6, 6.07) is 13.4. The van der Waals surface area contributed by atoms with Crippen LogP contribution >= 0.6 is 0 Å². The Kier molecular flexibility index (Phi) is 7.14. The van der Waals surface area contributed by atoms with Gasteiger partial charge in [-0.05, 0) is 49.1 Å². The van der Waals surface area contributed by atoms with Gasteiger partial charge in [0, 0.05) is 44.6 Å². The molecule has 1 N–H and O–H groups in total. The van der Waals surface area contributed by atoms with Crippen LogP contribution in [0, 0.1) is 5.82 Å². The van der Waals surface area contributed by atoms with Crippen molar-refractivity contribution < 1.29 is 23.5 Å². The summed E-state index contributed by atoms with van der Waals surface area (Å²) in [5.74, 6) is 0.140. The van der Waals surface area contributed by atoms with Crippen molar-refractivity contribution in [3.8, 4) is 5.75 Å². The van der Waals surface area contributed by atoms with Crippen molar-refractivity contribution in [1.82, 2.24) is 15.1 Å². The molecule has 0 radical (unpaired) electrons. The van der Waals surface area contributed by atoms with Gasteiger partial charge in [-0.1, -0.05) is 24.3 Å². The number of carbonyl (C=O) groups is 3. The number of ether oxygens (including phenoxy) is 1. The molecule has 2 fully saturated rings. The predicted molar refractivity (Wildman–Crippen MR) is 125 cm³/mol. The van der Waals surface area contributed by atoms with Crippen molar-refractivity contribution >= 4 is 17.7 Å². The van der Waals surface area contributed by atoms with Crippen molar-refractivity contribution in [3.05, 3.63) is 65.5 Å². The minimum absolute atomic E-state index is 0.0157. The van der Waals surface area contributed by atoms with E-state index in [1.165, 1.54) is 12.1 Å². The molecular weight excluding hydrogens is 437 g/mol. The molecule has 0 spiro atoms. The minimum atomic E-state index is -0.494. The largest absolute Gasteiger partial charge is 0.496 e. The predicted octanol–water partition coefficient (Wildman–Crippen LogP) is 2.79. The van der Waals surface area contributed by atoms with E-state index in [2.05, 4.69) is 5.32 Å². The molecule has 34 heavy (non-hydrogen) atoms. The maximum Gasteiger partial charge on any atom is 0.257 e. The first-order chi connectivity index (χ1) is 16.4. The lowest BCUT2D eigenvalue weighted by molar-refractivity contribution is -0.133. The number of piperazine rings is 1. The van der Waals surface area contributed by atoms with E-state index in [0.29, 0.717) is 69.6 Å². The Balaban J connectivity index is 1.32. The van der Waals surface area contributed by atoms with Gasteiger partial charge >= 0.3 is 0 Å². The maximum atomic E-state index is 13.3. The van der Waals surface area contributed by atoms with Gasteiger partial charge in [-0.15, -0.1) is 0 Å². The standard InChI is InChI=1S/C26H30FN3O4/c1-34-22-5-3-2-4-21(22)25(33)30-16-14-29(15-17-30)24(32)11-13-26(12-10-23(31)28-26)18-19-6-8-20(27)9-7-19/h2-9H,10-18H2,1H3,(H,28,31)/t26-/m0/s1. The number of halogens is 1. The first-order valence-electron chi connectivity index (χ1n) is 11.6. The van der Waals surface area contributed by atoms with Crippen LogP contribution in [0.3, 0.4) is 0 Å². The number of rotatable bonds is 7. The fraction of sp³-hybridized carbons (Fsp3) is 0.423. The lowest BCUT2D eigenvalue weighted by atomic mass is 9.85. The number of hydrogen-bond donors (Lipinski definition) is 1. The van der Waals surface area contributed by atoms with Gasteiger partial charge in [-0.2, -0.15) is 0 Å². The number of hydrogen-bond acceptors (Lipinski definition) is 4. The number of para-hydroxylation sites is 1. The third-order valence-corrected chi connectivity index (χ3v) is 6.77. The highest BCUT2D eigenvalue weighted by Crippen LogP contribution is 2.30. The smallest absolute Gasteiger partial charge is 0.257 e. The molecule has 1 atom stereocenters. The lowest BCUT2D eigenvalue weighted by Crippen LogP contribution is -2.51. The SMILES string of the molecule is COc1ccccc1C(=O)N1CCN(C(=O)CC[C@]2(Cc3ccc(F)cc3)CCC(=O)N2)CC1. The summed E-state index contributed by atoms with van der Waals surface area (Å²) in [6.45, 7) is 1.86. The molecule has 8 heteroatoms. The van der Waals surface area contributed by atoms with Gasteiger partial charge in [0.2, 0.25) is 11.8 Å². The average molecular weight is 468 g/mol. The number of nitrogens with one attached hydrogen (secondary N) is 1. The molecule has 2 aromatic rings. The van der Waals surface area contributed by atoms with Crippen LogP contribution in [0.4, 0.5) is 4.39 Å². The summed E-state index contributed by atoms with van der Waals surface area (Å²) in [5.41, 5.74) is 0.954. The summed E-state index contributed by atoms with van der Waals surface area (Å²) in [6.07, 6.45) is 2.47. The lowest BCUT2D eigenvalue weighted by Gasteiger charge is -2.36. The zero-order valence-corrected chi connectivity index (χ0v) is 19.4. The highest BCUT2D eigenvalue weighted by Gasteiger charge is 2.38. The molecule has 0 aromatic heterocycles. The van der Waals surface area contributed by atoms with Crippen LogP contribution in [0.25, 0.3) is 0 Å². The normalized spacial score (nSPS) is 20.2. The Hall–Kier alpha value is -3.42. The monoisotopic (exact) mass is 467 g/mol. The van der Waals surface area contributed by atoms with E-state index in [0.717, 1.165) is 5.56 Å². The second-order valence-corrected chi connectivity index (χ2v) is 9.01. The van der Waals surface area contributed by atoms with Crippen LogP contribution in [0.5, 0.6) is 5.75 Å². The van der Waals surface area contributed by atoms with Crippen molar-refractivity contribution in [3.63, 3.8) is 0 Å². The van der Waals surface area contributed by atoms with E-state index in [-0.39, 0.29) is 23.5 Å². The zero-order chi connectivity index (χ0) is 24.1. The van der Waals surface area contributed by atoms with E-state index >= 15 is 0 Å². The third kappa shape index (κ3) is 5.38. The molecule has 0 saturated carbocycles. The van der Waals surface area contributed by atoms with Crippen LogP contribution in [-0.4, -0.2) is 66.3 Å². The van der Waals surface area contributed by atoms with Gasteiger partial charge in [0.15, 0.2) is 0 Å². The molecule has 7 nitrogen and oxygen atoms in total. The van der Waals surface area contributed by atoms with E-state index in [1.54, 1.807) is 47.2 Å². The molecule has 2 aliphatic rings. The Bertz CT molecular complexity index is 1050. The number of carbonyl (C=O) groups excluding carboxylic acids is 3. The van der Waals surface area contributed by atoms with Crippen molar-refractivity contribution in [2.24, 2.45) is 0 Å². The summed E-state index contributed by atoms with van der Waals surface area (Å²) < 4.78 is 18.6. The molecule has 0 aliphatic carbocycles. The topological polar surface area (TPSA) is 79.0 Å². The second kappa shape index (κ2) is 10.2. The third-order valence-electron chi connectivity index (χ3n) is 6.77. The van der Waals surface area contributed by atoms with E-state index in [4.69, 9.17) is 4.74 Å².